The highest BCUT2D eigenvalue weighted by atomic mass is 16.5. The Morgan fingerprint density at radius 1 is 1.24 bits per heavy atom. The van der Waals surface area contributed by atoms with Crippen LogP contribution in [0.2, 0.25) is 0 Å². The molecule has 5 nitrogen and oxygen atoms in total. The SMILES string of the molecule is O=C1CCCCC1c1nc(C2CCOC2)no1. The van der Waals surface area contributed by atoms with E-state index in [1.54, 1.807) is 0 Å². The van der Waals surface area contributed by atoms with Gasteiger partial charge in [0.25, 0.3) is 0 Å². The third-order valence-corrected chi connectivity index (χ3v) is 3.61. The quantitative estimate of drug-likeness (QED) is 0.783. The first-order chi connectivity index (χ1) is 8.34. The zero-order valence-electron chi connectivity index (χ0n) is 9.72. The van der Waals surface area contributed by atoms with Crippen molar-refractivity contribution in [2.75, 3.05) is 13.2 Å². The number of carbonyl (C=O) groups is 1. The Bertz CT molecular complexity index is 410. The van der Waals surface area contributed by atoms with Crippen molar-refractivity contribution in [2.45, 2.75) is 43.9 Å². The highest BCUT2D eigenvalue weighted by Crippen LogP contribution is 2.30. The number of carbonyl (C=O) groups excluding carboxylic acids is 1. The number of ether oxygens (including phenoxy) is 1. The summed E-state index contributed by atoms with van der Waals surface area (Å²) in [6.45, 7) is 1.43. The smallest absolute Gasteiger partial charge is 0.237 e. The van der Waals surface area contributed by atoms with E-state index in [4.69, 9.17) is 9.26 Å². The Kier molecular flexibility index (Phi) is 2.93. The molecule has 1 aromatic heterocycles. The van der Waals surface area contributed by atoms with E-state index in [1.165, 1.54) is 0 Å². The van der Waals surface area contributed by atoms with Crippen LogP contribution in [0.15, 0.2) is 4.52 Å². The average Bonchev–Trinajstić information content (AvgIpc) is 3.00. The summed E-state index contributed by atoms with van der Waals surface area (Å²) in [6, 6.07) is 0. The Morgan fingerprint density at radius 3 is 2.94 bits per heavy atom. The van der Waals surface area contributed by atoms with Gasteiger partial charge in [-0.15, -0.1) is 0 Å². The van der Waals surface area contributed by atoms with Crippen LogP contribution < -0.4 is 0 Å². The summed E-state index contributed by atoms with van der Waals surface area (Å²) >= 11 is 0. The van der Waals surface area contributed by atoms with Crippen molar-refractivity contribution in [3.05, 3.63) is 11.7 Å². The van der Waals surface area contributed by atoms with Gasteiger partial charge in [-0.2, -0.15) is 4.98 Å². The number of Topliss-reactive ketones (excluding diaryl/α,β-unsaturated/α-hetero) is 1. The summed E-state index contributed by atoms with van der Waals surface area (Å²) in [5.41, 5.74) is 0. The fraction of sp³-hybridized carbons (Fsp3) is 0.750. The standard InChI is InChI=1S/C12H16N2O3/c15-10-4-2-1-3-9(10)12-13-11(14-17-12)8-5-6-16-7-8/h8-9H,1-7H2. The molecule has 0 bridgehead atoms. The molecule has 3 rings (SSSR count). The second-order valence-corrected chi connectivity index (χ2v) is 4.82. The van der Waals surface area contributed by atoms with Crippen LogP contribution in [0.25, 0.3) is 0 Å². The molecule has 2 aliphatic rings. The second-order valence-electron chi connectivity index (χ2n) is 4.82. The van der Waals surface area contributed by atoms with Gasteiger partial charge in [0.15, 0.2) is 5.82 Å². The number of nitrogens with zero attached hydrogens (tertiary/aromatic N) is 2. The van der Waals surface area contributed by atoms with Gasteiger partial charge in [0.2, 0.25) is 5.89 Å². The van der Waals surface area contributed by atoms with Gasteiger partial charge in [-0.05, 0) is 19.3 Å². The third-order valence-electron chi connectivity index (χ3n) is 3.61. The van der Waals surface area contributed by atoms with E-state index < -0.39 is 0 Å². The molecule has 1 aliphatic carbocycles. The molecule has 92 valence electrons. The second kappa shape index (κ2) is 4.56. The summed E-state index contributed by atoms with van der Waals surface area (Å²) in [6.07, 6.45) is 4.50. The minimum atomic E-state index is -0.160. The maximum Gasteiger partial charge on any atom is 0.237 e. The lowest BCUT2D eigenvalue weighted by Crippen LogP contribution is -2.17. The summed E-state index contributed by atoms with van der Waals surface area (Å²) in [7, 11) is 0. The van der Waals surface area contributed by atoms with Crippen molar-refractivity contribution in [3.8, 4) is 0 Å². The van der Waals surface area contributed by atoms with E-state index in [0.29, 0.717) is 24.7 Å². The first-order valence-electron chi connectivity index (χ1n) is 6.28. The van der Waals surface area contributed by atoms with Crippen molar-refractivity contribution in [1.82, 2.24) is 10.1 Å². The topological polar surface area (TPSA) is 65.2 Å². The summed E-state index contributed by atoms with van der Waals surface area (Å²) in [4.78, 5) is 16.2. The van der Waals surface area contributed by atoms with Crippen molar-refractivity contribution < 1.29 is 14.1 Å². The zero-order chi connectivity index (χ0) is 11.7. The average molecular weight is 236 g/mol. The van der Waals surface area contributed by atoms with E-state index in [1.807, 2.05) is 0 Å². The van der Waals surface area contributed by atoms with E-state index in [-0.39, 0.29) is 17.6 Å². The molecule has 1 aliphatic heterocycles. The van der Waals surface area contributed by atoms with Crippen molar-refractivity contribution in [1.29, 1.82) is 0 Å². The summed E-state index contributed by atoms with van der Waals surface area (Å²) in [5, 5.41) is 3.99. The number of ketones is 1. The molecule has 2 atom stereocenters. The van der Waals surface area contributed by atoms with Crippen LogP contribution >= 0.6 is 0 Å². The molecule has 1 saturated carbocycles. The Hall–Kier alpha value is -1.23. The molecule has 1 saturated heterocycles. The molecule has 0 spiro atoms. The van der Waals surface area contributed by atoms with Crippen molar-refractivity contribution in [2.24, 2.45) is 0 Å². The van der Waals surface area contributed by atoms with Gasteiger partial charge in [0, 0.05) is 18.9 Å². The molecule has 0 N–H and O–H groups in total. The predicted molar refractivity (Wildman–Crippen MR) is 58.7 cm³/mol. The minimum Gasteiger partial charge on any atom is -0.381 e. The maximum atomic E-state index is 11.8. The van der Waals surface area contributed by atoms with Crippen molar-refractivity contribution in [3.63, 3.8) is 0 Å². The molecule has 2 heterocycles. The molecule has 17 heavy (non-hydrogen) atoms. The van der Waals surface area contributed by atoms with Gasteiger partial charge in [-0.3, -0.25) is 4.79 Å². The molecular weight excluding hydrogens is 220 g/mol. The van der Waals surface area contributed by atoms with Crippen LogP contribution in [0.3, 0.4) is 0 Å². The monoisotopic (exact) mass is 236 g/mol. The Labute approximate surface area is 99.5 Å². The van der Waals surface area contributed by atoms with Gasteiger partial charge in [-0.25, -0.2) is 0 Å². The molecule has 1 aromatic rings. The number of hydrogen-bond acceptors (Lipinski definition) is 5. The Balaban J connectivity index is 1.76. The minimum absolute atomic E-state index is 0.160. The van der Waals surface area contributed by atoms with Crippen LogP contribution in [-0.2, 0) is 9.53 Å². The maximum absolute atomic E-state index is 11.8. The van der Waals surface area contributed by atoms with Gasteiger partial charge >= 0.3 is 0 Å². The lowest BCUT2D eigenvalue weighted by Gasteiger charge is -2.16. The van der Waals surface area contributed by atoms with E-state index in [2.05, 4.69) is 10.1 Å². The van der Waals surface area contributed by atoms with Crippen molar-refractivity contribution >= 4 is 5.78 Å². The normalized spacial score (nSPS) is 29.8. The molecule has 0 radical (unpaired) electrons. The first kappa shape index (κ1) is 10.9. The van der Waals surface area contributed by atoms with Crippen LogP contribution in [0.4, 0.5) is 0 Å². The third kappa shape index (κ3) is 2.11. The van der Waals surface area contributed by atoms with Crippen LogP contribution in [0, 0.1) is 0 Å². The molecule has 2 fully saturated rings. The van der Waals surface area contributed by atoms with E-state index in [0.717, 1.165) is 32.3 Å². The molecule has 2 unspecified atom stereocenters. The summed E-state index contributed by atoms with van der Waals surface area (Å²) < 4.78 is 10.5. The number of hydrogen-bond donors (Lipinski definition) is 0. The van der Waals surface area contributed by atoms with Crippen LogP contribution in [0.1, 0.15) is 55.7 Å². The van der Waals surface area contributed by atoms with E-state index >= 15 is 0 Å². The molecule has 5 heteroatoms. The highest BCUT2D eigenvalue weighted by molar-refractivity contribution is 5.85. The predicted octanol–water partition coefficient (Wildman–Crippen LogP) is 1.80. The lowest BCUT2D eigenvalue weighted by molar-refractivity contribution is -0.122. The van der Waals surface area contributed by atoms with E-state index in [9.17, 15) is 4.79 Å². The van der Waals surface area contributed by atoms with Gasteiger partial charge in [0.1, 0.15) is 5.78 Å². The molecular formula is C12H16N2O3. The summed E-state index contributed by atoms with van der Waals surface area (Å²) in [5.74, 6) is 1.54. The number of rotatable bonds is 2. The molecule has 0 aromatic carbocycles. The first-order valence-corrected chi connectivity index (χ1v) is 6.28. The van der Waals surface area contributed by atoms with Crippen LogP contribution in [0.5, 0.6) is 0 Å². The zero-order valence-corrected chi connectivity index (χ0v) is 9.72. The van der Waals surface area contributed by atoms with Gasteiger partial charge < -0.3 is 9.26 Å². The number of aromatic nitrogens is 2. The fourth-order valence-electron chi connectivity index (χ4n) is 2.54. The van der Waals surface area contributed by atoms with Crippen LogP contribution in [-0.4, -0.2) is 29.1 Å². The highest BCUT2D eigenvalue weighted by Gasteiger charge is 2.30. The fourth-order valence-corrected chi connectivity index (χ4v) is 2.54. The Morgan fingerprint density at radius 2 is 2.18 bits per heavy atom. The largest absolute Gasteiger partial charge is 0.381 e. The van der Waals surface area contributed by atoms with Gasteiger partial charge in [0.05, 0.1) is 12.5 Å². The molecule has 0 amide bonds. The lowest BCUT2D eigenvalue weighted by atomic mass is 9.88. The van der Waals surface area contributed by atoms with Gasteiger partial charge in [-0.1, -0.05) is 11.6 Å².